The van der Waals surface area contributed by atoms with E-state index in [1.165, 1.54) is 38.5 Å². The van der Waals surface area contributed by atoms with Gasteiger partial charge in [-0.3, -0.25) is 4.79 Å². The lowest BCUT2D eigenvalue weighted by Gasteiger charge is -2.52. The van der Waals surface area contributed by atoms with Crippen molar-refractivity contribution in [2.75, 3.05) is 6.54 Å². The Bertz CT molecular complexity index is 803. The highest BCUT2D eigenvalue weighted by atomic mass is 16.5. The van der Waals surface area contributed by atoms with Crippen LogP contribution in [-0.2, 0) is 9.53 Å². The van der Waals surface area contributed by atoms with Gasteiger partial charge in [-0.2, -0.15) is 0 Å². The molecule has 1 unspecified atom stereocenters. The van der Waals surface area contributed by atoms with Gasteiger partial charge in [-0.15, -0.1) is 0 Å². The average molecular weight is 426 g/mol. The number of Topliss-reactive ketones (excluding diaryl/α,β-unsaturated/α-hetero) is 1. The molecule has 0 bridgehead atoms. The molecule has 6 rings (SSSR count). The van der Waals surface area contributed by atoms with Crippen molar-refractivity contribution in [1.29, 1.82) is 0 Å². The van der Waals surface area contributed by atoms with Crippen LogP contribution < -0.4 is 5.32 Å². The maximum atomic E-state index is 12.2. The Balaban J connectivity index is 1.28. The summed E-state index contributed by atoms with van der Waals surface area (Å²) in [6, 6.07) is 0.550. The molecule has 5 fully saturated rings. The Morgan fingerprint density at radius 1 is 1.10 bits per heavy atom. The standard InChI is InChI=1S/C28H43NO2/c1-16-11-25-26(29-15-16)18(3)28(31-25)10-8-21-22-6-5-19-12-20(30)7-9-27(19,4)24(22)13-23(21)17(2)14-28/h16,18-19,21-22,24-26,29H,5-15H2,1-4H3/t16?,18-,19-,21+,22+,24+,25-,26+,27+,28+/m1/s1. The maximum Gasteiger partial charge on any atom is 0.133 e. The molecule has 0 aromatic carbocycles. The first-order valence-electron chi connectivity index (χ1n) is 13.4. The van der Waals surface area contributed by atoms with E-state index in [1.54, 1.807) is 5.57 Å². The summed E-state index contributed by atoms with van der Waals surface area (Å²) in [5, 5.41) is 3.85. The van der Waals surface area contributed by atoms with Crippen LogP contribution in [0.3, 0.4) is 0 Å². The number of nitrogens with one attached hydrogen (secondary N) is 1. The van der Waals surface area contributed by atoms with E-state index in [4.69, 9.17) is 4.74 Å². The molecule has 2 aliphatic heterocycles. The largest absolute Gasteiger partial charge is 0.369 e. The first-order valence-corrected chi connectivity index (χ1v) is 13.4. The normalized spacial score (nSPS) is 54.3. The topological polar surface area (TPSA) is 38.3 Å². The molecular formula is C28H43NO2. The minimum atomic E-state index is 0.0572. The molecule has 0 aromatic rings. The number of rotatable bonds is 0. The van der Waals surface area contributed by atoms with Crippen molar-refractivity contribution in [3.63, 3.8) is 0 Å². The molecule has 2 heterocycles. The highest BCUT2D eigenvalue weighted by Crippen LogP contribution is 2.65. The zero-order valence-corrected chi connectivity index (χ0v) is 20.2. The molecule has 31 heavy (non-hydrogen) atoms. The van der Waals surface area contributed by atoms with E-state index in [1.807, 2.05) is 5.57 Å². The van der Waals surface area contributed by atoms with Crippen LogP contribution in [0.25, 0.3) is 0 Å². The number of carbonyl (C=O) groups is 1. The number of ether oxygens (including phenoxy) is 1. The summed E-state index contributed by atoms with van der Waals surface area (Å²) in [4.78, 5) is 12.2. The van der Waals surface area contributed by atoms with Crippen LogP contribution in [0.1, 0.15) is 91.9 Å². The maximum absolute atomic E-state index is 12.2. The van der Waals surface area contributed by atoms with Gasteiger partial charge in [-0.1, -0.05) is 31.9 Å². The van der Waals surface area contributed by atoms with Gasteiger partial charge in [0.05, 0.1) is 11.7 Å². The van der Waals surface area contributed by atoms with Crippen LogP contribution in [0.2, 0.25) is 0 Å². The number of piperidine rings is 1. The second kappa shape index (κ2) is 7.16. The number of ketones is 1. The van der Waals surface area contributed by atoms with Crippen LogP contribution >= 0.6 is 0 Å². The lowest BCUT2D eigenvalue weighted by atomic mass is 9.52. The predicted molar refractivity (Wildman–Crippen MR) is 124 cm³/mol. The third-order valence-corrected chi connectivity index (χ3v) is 11.4. The molecule has 6 aliphatic rings. The smallest absolute Gasteiger partial charge is 0.133 e. The molecule has 4 aliphatic carbocycles. The van der Waals surface area contributed by atoms with Crippen molar-refractivity contribution in [2.45, 2.75) is 110 Å². The number of hydrogen-bond acceptors (Lipinski definition) is 3. The predicted octanol–water partition coefficient (Wildman–Crippen LogP) is 5.68. The minimum Gasteiger partial charge on any atom is -0.369 e. The van der Waals surface area contributed by atoms with Crippen molar-refractivity contribution in [3.8, 4) is 0 Å². The van der Waals surface area contributed by atoms with Gasteiger partial charge >= 0.3 is 0 Å². The Morgan fingerprint density at radius 3 is 2.77 bits per heavy atom. The van der Waals surface area contributed by atoms with E-state index in [0.717, 1.165) is 55.9 Å². The van der Waals surface area contributed by atoms with E-state index in [-0.39, 0.29) is 5.60 Å². The fourth-order valence-corrected chi connectivity index (χ4v) is 9.61. The molecule has 3 saturated carbocycles. The van der Waals surface area contributed by atoms with Gasteiger partial charge in [0.25, 0.3) is 0 Å². The van der Waals surface area contributed by atoms with E-state index < -0.39 is 0 Å². The van der Waals surface area contributed by atoms with Gasteiger partial charge in [0.2, 0.25) is 0 Å². The highest BCUT2D eigenvalue weighted by molar-refractivity contribution is 5.79. The van der Waals surface area contributed by atoms with Crippen molar-refractivity contribution in [2.24, 2.45) is 40.9 Å². The van der Waals surface area contributed by atoms with Gasteiger partial charge in [0.15, 0.2) is 0 Å². The zero-order chi connectivity index (χ0) is 21.5. The molecule has 0 amide bonds. The lowest BCUT2D eigenvalue weighted by Crippen LogP contribution is -2.48. The van der Waals surface area contributed by atoms with E-state index in [2.05, 4.69) is 33.0 Å². The molecular weight excluding hydrogens is 382 g/mol. The Labute approximate surface area is 189 Å². The van der Waals surface area contributed by atoms with Crippen LogP contribution in [0.4, 0.5) is 0 Å². The number of carbonyl (C=O) groups excluding carboxylic acids is 1. The molecule has 1 spiro atoms. The lowest BCUT2D eigenvalue weighted by molar-refractivity contribution is -0.129. The van der Waals surface area contributed by atoms with Crippen LogP contribution in [0, 0.1) is 40.9 Å². The molecule has 0 radical (unpaired) electrons. The number of fused-ring (bicyclic) bond motifs is 6. The van der Waals surface area contributed by atoms with Gasteiger partial charge in [-0.25, -0.2) is 0 Å². The van der Waals surface area contributed by atoms with E-state index in [0.29, 0.717) is 35.2 Å². The van der Waals surface area contributed by atoms with Crippen LogP contribution in [0.15, 0.2) is 11.1 Å². The van der Waals surface area contributed by atoms with E-state index >= 15 is 0 Å². The summed E-state index contributed by atoms with van der Waals surface area (Å²) >= 11 is 0. The average Bonchev–Trinajstić information content (AvgIpc) is 3.19. The first kappa shape index (κ1) is 20.9. The SMILES string of the molecule is CC1=C2C[C@H]3[C@@H](CC[C@@H]4CC(=O)CC[C@@]43C)[C@@H]2CC[C@@]2(C1)O[C@@H]1CC(C)CN[C@H]1[C@H]2C. The summed E-state index contributed by atoms with van der Waals surface area (Å²) in [5.41, 5.74) is 3.95. The fourth-order valence-electron chi connectivity index (χ4n) is 9.61. The second-order valence-electron chi connectivity index (χ2n) is 12.9. The monoisotopic (exact) mass is 425 g/mol. The molecule has 172 valence electrons. The third kappa shape index (κ3) is 3.01. The van der Waals surface area contributed by atoms with Gasteiger partial charge < -0.3 is 10.1 Å². The Morgan fingerprint density at radius 2 is 1.94 bits per heavy atom. The quantitative estimate of drug-likeness (QED) is 0.507. The van der Waals surface area contributed by atoms with Crippen LogP contribution in [0.5, 0.6) is 0 Å². The second-order valence-corrected chi connectivity index (χ2v) is 12.9. The first-order chi connectivity index (χ1) is 14.8. The molecule has 1 N–H and O–H groups in total. The summed E-state index contributed by atoms with van der Waals surface area (Å²) in [5.74, 6) is 4.97. The summed E-state index contributed by atoms with van der Waals surface area (Å²) in [6.07, 6.45) is 12.2. The molecule has 2 saturated heterocycles. The van der Waals surface area contributed by atoms with Crippen molar-refractivity contribution >= 4 is 5.78 Å². The van der Waals surface area contributed by atoms with Gasteiger partial charge in [-0.05, 0) is 99.8 Å². The number of hydrogen-bond donors (Lipinski definition) is 1. The molecule has 3 nitrogen and oxygen atoms in total. The Kier molecular flexibility index (Phi) is 4.83. The third-order valence-electron chi connectivity index (χ3n) is 11.4. The molecule has 10 atom stereocenters. The zero-order valence-electron chi connectivity index (χ0n) is 20.2. The summed E-state index contributed by atoms with van der Waals surface area (Å²) in [7, 11) is 0. The highest BCUT2D eigenvalue weighted by Gasteiger charge is 2.59. The minimum absolute atomic E-state index is 0.0572. The Hall–Kier alpha value is -0.670. The van der Waals surface area contributed by atoms with Gasteiger partial charge in [0.1, 0.15) is 5.78 Å². The summed E-state index contributed by atoms with van der Waals surface area (Å²) < 4.78 is 7.01. The van der Waals surface area contributed by atoms with Crippen LogP contribution in [-0.4, -0.2) is 30.1 Å². The van der Waals surface area contributed by atoms with Gasteiger partial charge in [0, 0.05) is 24.8 Å². The fraction of sp³-hybridized carbons (Fsp3) is 0.893. The van der Waals surface area contributed by atoms with Crippen molar-refractivity contribution in [1.82, 2.24) is 5.32 Å². The number of allylic oxidation sites excluding steroid dienone is 1. The van der Waals surface area contributed by atoms with Crippen molar-refractivity contribution in [3.05, 3.63) is 11.1 Å². The molecule has 0 aromatic heterocycles. The van der Waals surface area contributed by atoms with Crippen molar-refractivity contribution < 1.29 is 9.53 Å². The van der Waals surface area contributed by atoms with E-state index in [9.17, 15) is 4.79 Å². The summed E-state index contributed by atoms with van der Waals surface area (Å²) in [6.45, 7) is 11.0. The molecule has 3 heteroatoms.